The maximum absolute atomic E-state index is 9.86. The number of rotatable bonds is 5. The molecule has 142 valence electrons. The molecule has 6 heteroatoms. The van der Waals surface area contributed by atoms with Gasteiger partial charge in [-0.2, -0.15) is 10.5 Å². The van der Waals surface area contributed by atoms with Gasteiger partial charge in [0.2, 0.25) is 0 Å². The second kappa shape index (κ2) is 8.93. The Labute approximate surface area is 175 Å². The monoisotopic (exact) mass is 410 g/mol. The molecule has 28 heavy (non-hydrogen) atoms. The summed E-state index contributed by atoms with van der Waals surface area (Å²) < 4.78 is 0. The highest BCUT2D eigenvalue weighted by Gasteiger charge is 2.36. The Bertz CT molecular complexity index is 985. The summed E-state index contributed by atoms with van der Waals surface area (Å²) >= 11 is 12.0. The Balaban J connectivity index is 2.66. The molecule has 0 atom stereocenters. The third kappa shape index (κ3) is 4.73. The molecular weight excluding hydrogens is 391 g/mol. The van der Waals surface area contributed by atoms with Gasteiger partial charge in [0.05, 0.1) is 11.2 Å². The molecule has 0 fully saturated rings. The fraction of sp³-hybridized carbons (Fsp3) is 0.227. The van der Waals surface area contributed by atoms with Gasteiger partial charge in [-0.15, -0.1) is 0 Å². The van der Waals surface area contributed by atoms with Gasteiger partial charge in [0.15, 0.2) is 0 Å². The van der Waals surface area contributed by atoms with Gasteiger partial charge in [-0.05, 0) is 81.8 Å². The molecular formula is C22H20Cl2N4. The van der Waals surface area contributed by atoms with Crippen molar-refractivity contribution in [3.63, 3.8) is 0 Å². The first kappa shape index (κ1) is 21.5. The van der Waals surface area contributed by atoms with Crippen LogP contribution in [0.2, 0.25) is 10.0 Å². The lowest BCUT2D eigenvalue weighted by Crippen LogP contribution is -2.49. The smallest absolute Gasteiger partial charge is 0.143 e. The first-order valence-electron chi connectivity index (χ1n) is 8.59. The molecule has 0 unspecified atom stereocenters. The molecule has 0 saturated heterocycles. The van der Waals surface area contributed by atoms with E-state index in [9.17, 15) is 10.5 Å². The van der Waals surface area contributed by atoms with Gasteiger partial charge in [0, 0.05) is 15.7 Å². The molecule has 0 heterocycles. The van der Waals surface area contributed by atoms with Crippen LogP contribution in [0.15, 0.2) is 64.8 Å². The molecule has 0 saturated carbocycles. The Morgan fingerprint density at radius 3 is 1.82 bits per heavy atom. The maximum Gasteiger partial charge on any atom is 0.143 e. The summed E-state index contributed by atoms with van der Waals surface area (Å²) in [6.45, 7) is 7.44. The van der Waals surface area contributed by atoms with E-state index in [1.165, 1.54) is 0 Å². The maximum atomic E-state index is 9.86. The summed E-state index contributed by atoms with van der Waals surface area (Å²) in [6, 6.07) is 18.5. The Hall–Kier alpha value is -2.79. The van der Waals surface area contributed by atoms with Crippen molar-refractivity contribution >= 4 is 40.3 Å². The quantitative estimate of drug-likeness (QED) is 0.407. The van der Waals surface area contributed by atoms with Crippen LogP contribution in [0.5, 0.6) is 0 Å². The van der Waals surface area contributed by atoms with E-state index in [1.807, 2.05) is 44.7 Å². The van der Waals surface area contributed by atoms with E-state index in [1.54, 1.807) is 36.4 Å². The van der Waals surface area contributed by atoms with Gasteiger partial charge in [0.1, 0.15) is 23.5 Å². The van der Waals surface area contributed by atoms with Crippen LogP contribution >= 0.6 is 23.2 Å². The van der Waals surface area contributed by atoms with Gasteiger partial charge in [-0.25, -0.2) is 4.99 Å². The molecule has 0 aliphatic rings. The number of anilines is 1. The molecule has 4 nitrogen and oxygen atoms in total. The molecule has 0 bridgehead atoms. The summed E-state index contributed by atoms with van der Waals surface area (Å²) in [4.78, 5) is 6.34. The summed E-state index contributed by atoms with van der Waals surface area (Å²) in [6.07, 6.45) is 0. The predicted molar refractivity (Wildman–Crippen MR) is 116 cm³/mol. The van der Waals surface area contributed by atoms with Crippen molar-refractivity contribution in [2.24, 2.45) is 4.99 Å². The number of nitrogens with zero attached hydrogens (tertiary/aromatic N) is 4. The summed E-state index contributed by atoms with van der Waals surface area (Å²) in [5.41, 5.74) is 2.00. The molecule has 0 N–H and O–H groups in total. The molecule has 0 radical (unpaired) electrons. The molecule has 0 aliphatic heterocycles. The SMILES string of the molecule is CC(C)=C(C#N)N(c1ccc(Cl)cc1)C(C)(C)C(C#N)=Nc1ccc(Cl)cc1. The van der Waals surface area contributed by atoms with Gasteiger partial charge in [-0.3, -0.25) is 0 Å². The van der Waals surface area contributed by atoms with E-state index in [-0.39, 0.29) is 5.71 Å². The average molecular weight is 411 g/mol. The topological polar surface area (TPSA) is 63.2 Å². The van der Waals surface area contributed by atoms with Crippen LogP contribution in [-0.4, -0.2) is 11.3 Å². The van der Waals surface area contributed by atoms with Crippen LogP contribution in [0.3, 0.4) is 0 Å². The van der Waals surface area contributed by atoms with E-state index >= 15 is 0 Å². The number of aliphatic imine (C=N–C) groups is 1. The minimum atomic E-state index is -0.898. The second-order valence-electron chi connectivity index (χ2n) is 6.88. The van der Waals surface area contributed by atoms with Gasteiger partial charge >= 0.3 is 0 Å². The van der Waals surface area contributed by atoms with E-state index in [4.69, 9.17) is 23.2 Å². The Morgan fingerprint density at radius 1 is 0.893 bits per heavy atom. The third-order valence-corrected chi connectivity index (χ3v) is 4.70. The Kier molecular flexibility index (Phi) is 6.86. The standard InChI is InChI=1S/C22H20Cl2N4/c1-15(2)20(13-25)28(19-11-7-17(24)8-12-19)22(3,4)21(14-26)27-18-9-5-16(23)6-10-18/h5-12H,1-4H3. The summed E-state index contributed by atoms with van der Waals surface area (Å²) in [7, 11) is 0. The summed E-state index contributed by atoms with van der Waals surface area (Å²) in [5, 5.41) is 20.8. The normalized spacial score (nSPS) is 11.4. The van der Waals surface area contributed by atoms with Crippen molar-refractivity contribution in [2.45, 2.75) is 33.2 Å². The van der Waals surface area contributed by atoms with E-state index < -0.39 is 5.54 Å². The van der Waals surface area contributed by atoms with Crippen molar-refractivity contribution in [1.29, 1.82) is 10.5 Å². The zero-order chi connectivity index (χ0) is 20.9. The molecule has 2 aromatic rings. The van der Waals surface area contributed by atoms with Crippen LogP contribution in [0.25, 0.3) is 0 Å². The minimum Gasteiger partial charge on any atom is -0.321 e. The van der Waals surface area contributed by atoms with Crippen LogP contribution in [0.4, 0.5) is 11.4 Å². The summed E-state index contributed by atoms with van der Waals surface area (Å²) in [5.74, 6) is 0. The van der Waals surface area contributed by atoms with Gasteiger partial charge in [-0.1, -0.05) is 23.2 Å². The lowest BCUT2D eigenvalue weighted by molar-refractivity contribution is 0.652. The molecule has 0 aromatic heterocycles. The van der Waals surface area contributed by atoms with Gasteiger partial charge in [0.25, 0.3) is 0 Å². The number of allylic oxidation sites excluding steroid dienone is 2. The molecule has 2 aromatic carbocycles. The second-order valence-corrected chi connectivity index (χ2v) is 7.75. The van der Waals surface area contributed by atoms with Crippen molar-refractivity contribution in [3.8, 4) is 12.1 Å². The highest BCUT2D eigenvalue weighted by atomic mass is 35.5. The van der Waals surface area contributed by atoms with Crippen LogP contribution in [-0.2, 0) is 0 Å². The minimum absolute atomic E-state index is 0.263. The van der Waals surface area contributed by atoms with Crippen LogP contribution in [0, 0.1) is 22.7 Å². The molecule has 2 rings (SSSR count). The molecule has 0 aliphatic carbocycles. The van der Waals surface area contributed by atoms with E-state index in [2.05, 4.69) is 17.1 Å². The number of halogens is 2. The molecule has 0 spiro atoms. The van der Waals surface area contributed by atoms with Gasteiger partial charge < -0.3 is 4.90 Å². The van der Waals surface area contributed by atoms with Crippen molar-refractivity contribution in [2.75, 3.05) is 4.90 Å². The van der Waals surface area contributed by atoms with Crippen molar-refractivity contribution in [3.05, 3.63) is 69.8 Å². The van der Waals surface area contributed by atoms with E-state index in [0.29, 0.717) is 21.4 Å². The first-order valence-corrected chi connectivity index (χ1v) is 9.34. The predicted octanol–water partition coefficient (Wildman–Crippen LogP) is 6.69. The van der Waals surface area contributed by atoms with Crippen LogP contribution in [0.1, 0.15) is 27.7 Å². The molecule has 0 amide bonds. The lowest BCUT2D eigenvalue weighted by Gasteiger charge is -2.39. The van der Waals surface area contributed by atoms with Crippen molar-refractivity contribution < 1.29 is 0 Å². The third-order valence-electron chi connectivity index (χ3n) is 4.20. The number of hydrogen-bond acceptors (Lipinski definition) is 4. The fourth-order valence-electron chi connectivity index (χ4n) is 2.76. The lowest BCUT2D eigenvalue weighted by atomic mass is 9.93. The zero-order valence-corrected chi connectivity index (χ0v) is 17.7. The fourth-order valence-corrected chi connectivity index (χ4v) is 3.01. The van der Waals surface area contributed by atoms with E-state index in [0.717, 1.165) is 11.3 Å². The van der Waals surface area contributed by atoms with Crippen molar-refractivity contribution in [1.82, 2.24) is 0 Å². The number of hydrogen-bond donors (Lipinski definition) is 0. The number of nitriles is 2. The highest BCUT2D eigenvalue weighted by Crippen LogP contribution is 2.33. The largest absolute Gasteiger partial charge is 0.321 e. The number of benzene rings is 2. The highest BCUT2D eigenvalue weighted by molar-refractivity contribution is 6.31. The van der Waals surface area contributed by atoms with Crippen LogP contribution < -0.4 is 4.90 Å². The first-order chi connectivity index (χ1) is 13.2. The zero-order valence-electron chi connectivity index (χ0n) is 16.2. The average Bonchev–Trinajstić information content (AvgIpc) is 2.65. The Morgan fingerprint density at radius 2 is 1.39 bits per heavy atom.